The van der Waals surface area contributed by atoms with Gasteiger partial charge in [-0.25, -0.2) is 0 Å². The molecule has 0 aliphatic rings. The Morgan fingerprint density at radius 2 is 2.00 bits per heavy atom. The van der Waals surface area contributed by atoms with Gasteiger partial charge in [-0.05, 0) is 18.9 Å². The highest BCUT2D eigenvalue weighted by Gasteiger charge is 1.98. The lowest BCUT2D eigenvalue weighted by molar-refractivity contribution is 0.613. The van der Waals surface area contributed by atoms with Gasteiger partial charge in [-0.3, -0.25) is 4.99 Å². The summed E-state index contributed by atoms with van der Waals surface area (Å²) in [5.74, 6) is 0. The second kappa shape index (κ2) is 6.55. The van der Waals surface area contributed by atoms with Crippen LogP contribution in [-0.2, 0) is 13.1 Å². The minimum atomic E-state index is 0.771. The highest BCUT2D eigenvalue weighted by Crippen LogP contribution is 2.04. The second-order valence-corrected chi connectivity index (χ2v) is 5.69. The zero-order valence-corrected chi connectivity index (χ0v) is 11.9. The number of unbranched alkanes of at least 4 members (excludes halogenated alkanes) is 1. The molecular formula is C15H20N2S. The largest absolute Gasteiger partial charge is 0.324 e. The fourth-order valence-electron chi connectivity index (χ4n) is 1.86. The third-order valence-corrected chi connectivity index (χ3v) is 3.80. The van der Waals surface area contributed by atoms with Gasteiger partial charge in [0.15, 0.2) is 4.80 Å². The maximum absolute atomic E-state index is 4.73. The lowest BCUT2D eigenvalue weighted by Crippen LogP contribution is -2.14. The van der Waals surface area contributed by atoms with E-state index in [0.29, 0.717) is 0 Å². The van der Waals surface area contributed by atoms with E-state index < -0.39 is 0 Å². The van der Waals surface area contributed by atoms with Crippen molar-refractivity contribution < 1.29 is 0 Å². The lowest BCUT2D eigenvalue weighted by Gasteiger charge is -2.00. The van der Waals surface area contributed by atoms with Gasteiger partial charge in [-0.1, -0.05) is 43.7 Å². The first kappa shape index (κ1) is 13.1. The van der Waals surface area contributed by atoms with Gasteiger partial charge in [0.25, 0.3) is 0 Å². The SMILES string of the molecule is CCCCn1cc(C)s/c1=N\Cc1ccccc1. The number of benzene rings is 1. The Kier molecular flexibility index (Phi) is 4.76. The van der Waals surface area contributed by atoms with Crippen LogP contribution in [-0.4, -0.2) is 4.57 Å². The van der Waals surface area contributed by atoms with E-state index in [9.17, 15) is 0 Å². The quantitative estimate of drug-likeness (QED) is 0.779. The van der Waals surface area contributed by atoms with E-state index in [1.807, 2.05) is 6.07 Å². The average molecular weight is 260 g/mol. The summed E-state index contributed by atoms with van der Waals surface area (Å²) in [7, 11) is 0. The Morgan fingerprint density at radius 1 is 1.22 bits per heavy atom. The summed E-state index contributed by atoms with van der Waals surface area (Å²) >= 11 is 1.78. The van der Waals surface area contributed by atoms with Crippen LogP contribution in [0.3, 0.4) is 0 Å². The fourth-order valence-corrected chi connectivity index (χ4v) is 2.72. The number of nitrogens with zero attached hydrogens (tertiary/aromatic N) is 2. The first-order valence-corrected chi connectivity index (χ1v) is 7.32. The number of thiazole rings is 1. The van der Waals surface area contributed by atoms with Crippen LogP contribution in [0.25, 0.3) is 0 Å². The minimum absolute atomic E-state index is 0.771. The van der Waals surface area contributed by atoms with Gasteiger partial charge in [0.1, 0.15) is 0 Å². The van der Waals surface area contributed by atoms with Crippen molar-refractivity contribution in [3.05, 3.63) is 51.8 Å². The molecule has 96 valence electrons. The predicted molar refractivity (Wildman–Crippen MR) is 77.7 cm³/mol. The summed E-state index contributed by atoms with van der Waals surface area (Å²) in [6.07, 6.45) is 4.65. The van der Waals surface area contributed by atoms with Gasteiger partial charge in [0.05, 0.1) is 6.54 Å². The number of aromatic nitrogens is 1. The number of hydrogen-bond donors (Lipinski definition) is 0. The second-order valence-electron chi connectivity index (χ2n) is 4.47. The Balaban J connectivity index is 2.16. The molecular weight excluding hydrogens is 240 g/mol. The molecule has 0 saturated heterocycles. The summed E-state index contributed by atoms with van der Waals surface area (Å²) in [5, 5.41) is 0. The van der Waals surface area contributed by atoms with Crippen molar-refractivity contribution in [1.82, 2.24) is 4.57 Å². The van der Waals surface area contributed by atoms with Crippen molar-refractivity contribution in [2.75, 3.05) is 0 Å². The monoisotopic (exact) mass is 260 g/mol. The molecule has 1 aromatic heterocycles. The molecule has 0 radical (unpaired) electrons. The van der Waals surface area contributed by atoms with E-state index in [2.05, 4.69) is 48.9 Å². The van der Waals surface area contributed by atoms with E-state index in [0.717, 1.165) is 17.9 Å². The lowest BCUT2D eigenvalue weighted by atomic mass is 10.2. The zero-order valence-electron chi connectivity index (χ0n) is 11.1. The third-order valence-electron chi connectivity index (χ3n) is 2.83. The van der Waals surface area contributed by atoms with E-state index in [4.69, 9.17) is 4.99 Å². The number of rotatable bonds is 5. The van der Waals surface area contributed by atoms with E-state index in [-0.39, 0.29) is 0 Å². The standard InChI is InChI=1S/C15H20N2S/c1-3-4-10-17-12-13(2)18-15(17)16-11-14-8-6-5-7-9-14/h5-9,12H,3-4,10-11H2,1-2H3/b16-15-. The van der Waals surface area contributed by atoms with Crippen molar-refractivity contribution in [2.45, 2.75) is 39.8 Å². The molecule has 0 saturated carbocycles. The van der Waals surface area contributed by atoms with Crippen LogP contribution in [0.1, 0.15) is 30.2 Å². The fraction of sp³-hybridized carbons (Fsp3) is 0.400. The maximum atomic E-state index is 4.73. The molecule has 0 fully saturated rings. The molecule has 0 spiro atoms. The van der Waals surface area contributed by atoms with Crippen molar-refractivity contribution >= 4 is 11.3 Å². The first-order chi connectivity index (χ1) is 8.79. The summed E-state index contributed by atoms with van der Waals surface area (Å²) in [6.45, 7) is 6.22. The summed E-state index contributed by atoms with van der Waals surface area (Å²) in [6, 6.07) is 10.4. The van der Waals surface area contributed by atoms with Gasteiger partial charge in [-0.15, -0.1) is 11.3 Å². The van der Waals surface area contributed by atoms with Crippen LogP contribution >= 0.6 is 11.3 Å². The first-order valence-electron chi connectivity index (χ1n) is 6.51. The van der Waals surface area contributed by atoms with Gasteiger partial charge >= 0.3 is 0 Å². The summed E-state index contributed by atoms with van der Waals surface area (Å²) in [4.78, 5) is 7.21. The highest BCUT2D eigenvalue weighted by molar-refractivity contribution is 7.09. The number of aryl methyl sites for hydroxylation is 2. The summed E-state index contributed by atoms with van der Waals surface area (Å²) in [5.41, 5.74) is 1.27. The topological polar surface area (TPSA) is 17.3 Å². The molecule has 2 nitrogen and oxygen atoms in total. The molecule has 0 atom stereocenters. The molecule has 0 unspecified atom stereocenters. The Labute approximate surface area is 113 Å². The van der Waals surface area contributed by atoms with Crippen LogP contribution < -0.4 is 4.80 Å². The van der Waals surface area contributed by atoms with Crippen molar-refractivity contribution in [3.8, 4) is 0 Å². The molecule has 18 heavy (non-hydrogen) atoms. The maximum Gasteiger partial charge on any atom is 0.185 e. The number of hydrogen-bond acceptors (Lipinski definition) is 2. The smallest absolute Gasteiger partial charge is 0.185 e. The normalized spacial score (nSPS) is 12.0. The molecule has 0 amide bonds. The minimum Gasteiger partial charge on any atom is -0.324 e. The molecule has 1 aromatic carbocycles. The zero-order chi connectivity index (χ0) is 12.8. The Hall–Kier alpha value is -1.35. The molecule has 0 bridgehead atoms. The van der Waals surface area contributed by atoms with Crippen LogP contribution in [0, 0.1) is 6.92 Å². The van der Waals surface area contributed by atoms with Crippen molar-refractivity contribution in [1.29, 1.82) is 0 Å². The molecule has 2 rings (SSSR count). The van der Waals surface area contributed by atoms with E-state index >= 15 is 0 Å². The van der Waals surface area contributed by atoms with Gasteiger partial charge in [-0.2, -0.15) is 0 Å². The molecule has 0 aliphatic carbocycles. The van der Waals surface area contributed by atoms with E-state index in [1.54, 1.807) is 11.3 Å². The van der Waals surface area contributed by atoms with Crippen LogP contribution in [0.5, 0.6) is 0 Å². The van der Waals surface area contributed by atoms with Gasteiger partial charge < -0.3 is 4.57 Å². The van der Waals surface area contributed by atoms with E-state index in [1.165, 1.54) is 23.3 Å². The predicted octanol–water partition coefficient (Wildman–Crippen LogP) is 3.76. The molecule has 3 heteroatoms. The molecule has 2 aromatic rings. The Morgan fingerprint density at radius 3 is 2.72 bits per heavy atom. The highest BCUT2D eigenvalue weighted by atomic mass is 32.1. The molecule has 0 aliphatic heterocycles. The van der Waals surface area contributed by atoms with Crippen LogP contribution in [0.15, 0.2) is 41.5 Å². The molecule has 0 N–H and O–H groups in total. The van der Waals surface area contributed by atoms with Gasteiger partial charge in [0, 0.05) is 17.6 Å². The van der Waals surface area contributed by atoms with Crippen molar-refractivity contribution in [3.63, 3.8) is 0 Å². The summed E-state index contributed by atoms with van der Waals surface area (Å²) < 4.78 is 2.28. The Bertz CT molecular complexity index is 537. The van der Waals surface area contributed by atoms with Crippen LogP contribution in [0.2, 0.25) is 0 Å². The third kappa shape index (κ3) is 3.57. The molecule has 1 heterocycles. The van der Waals surface area contributed by atoms with Gasteiger partial charge in [0.2, 0.25) is 0 Å². The average Bonchev–Trinajstić information content (AvgIpc) is 2.75. The van der Waals surface area contributed by atoms with Crippen LogP contribution in [0.4, 0.5) is 0 Å². The van der Waals surface area contributed by atoms with Crippen molar-refractivity contribution in [2.24, 2.45) is 4.99 Å².